The highest BCUT2D eigenvalue weighted by Crippen LogP contribution is 2.23. The summed E-state index contributed by atoms with van der Waals surface area (Å²) < 4.78 is 27.9. The number of rotatable bonds is 3. The van der Waals surface area contributed by atoms with Gasteiger partial charge in [0.1, 0.15) is 12.0 Å². The molecule has 0 amide bonds. The van der Waals surface area contributed by atoms with Gasteiger partial charge in [-0.1, -0.05) is 6.07 Å². The Hall–Kier alpha value is -1.59. The van der Waals surface area contributed by atoms with Gasteiger partial charge in [0.25, 0.3) is 0 Å². The predicted octanol–water partition coefficient (Wildman–Crippen LogP) is 2.72. The molecular weight excluding hydrogens is 274 g/mol. The van der Waals surface area contributed by atoms with E-state index in [-0.39, 0.29) is 12.4 Å². The number of hydrogen-bond donors (Lipinski definition) is 2. The third kappa shape index (κ3) is 3.04. The molecule has 0 spiro atoms. The van der Waals surface area contributed by atoms with E-state index in [2.05, 4.69) is 10.3 Å². The van der Waals surface area contributed by atoms with Gasteiger partial charge in [0, 0.05) is 29.8 Å². The summed E-state index contributed by atoms with van der Waals surface area (Å²) >= 11 is 0. The second-order valence-corrected chi connectivity index (χ2v) is 5.56. The van der Waals surface area contributed by atoms with E-state index in [1.165, 1.54) is 6.07 Å². The number of aliphatic hydroxyl groups is 1. The van der Waals surface area contributed by atoms with Crippen molar-refractivity contribution in [1.82, 2.24) is 10.3 Å². The summed E-state index contributed by atoms with van der Waals surface area (Å²) in [6.45, 7) is 0.193. The van der Waals surface area contributed by atoms with Gasteiger partial charge in [-0.15, -0.1) is 0 Å². The SMILES string of the molecule is OC1CCCC(F)C1NCc1cc2cccnc2cc1F. The molecule has 3 nitrogen and oxygen atoms in total. The van der Waals surface area contributed by atoms with Crippen molar-refractivity contribution in [3.05, 3.63) is 41.8 Å². The molecule has 3 rings (SSSR count). The molecule has 3 unspecified atom stereocenters. The molecule has 112 valence electrons. The molecule has 0 radical (unpaired) electrons. The summed E-state index contributed by atoms with van der Waals surface area (Å²) in [6.07, 6.45) is 1.54. The molecule has 3 atom stereocenters. The summed E-state index contributed by atoms with van der Waals surface area (Å²) in [5, 5.41) is 13.7. The Morgan fingerprint density at radius 1 is 1.33 bits per heavy atom. The lowest BCUT2D eigenvalue weighted by molar-refractivity contribution is 0.0404. The van der Waals surface area contributed by atoms with Gasteiger partial charge in [-0.3, -0.25) is 4.98 Å². The van der Waals surface area contributed by atoms with E-state index in [1.54, 1.807) is 18.3 Å². The Labute approximate surface area is 122 Å². The number of alkyl halides is 1. The summed E-state index contributed by atoms with van der Waals surface area (Å²) in [5.74, 6) is -0.366. The van der Waals surface area contributed by atoms with Gasteiger partial charge < -0.3 is 10.4 Å². The van der Waals surface area contributed by atoms with Gasteiger partial charge >= 0.3 is 0 Å². The van der Waals surface area contributed by atoms with Gasteiger partial charge in [-0.25, -0.2) is 8.78 Å². The van der Waals surface area contributed by atoms with Gasteiger partial charge in [0.15, 0.2) is 0 Å². The van der Waals surface area contributed by atoms with Crippen LogP contribution in [-0.4, -0.2) is 28.4 Å². The highest BCUT2D eigenvalue weighted by molar-refractivity contribution is 5.79. The number of hydrogen-bond acceptors (Lipinski definition) is 3. The molecule has 0 aliphatic heterocycles. The second-order valence-electron chi connectivity index (χ2n) is 5.56. The van der Waals surface area contributed by atoms with Crippen LogP contribution in [0.3, 0.4) is 0 Å². The van der Waals surface area contributed by atoms with Crippen molar-refractivity contribution in [3.63, 3.8) is 0 Å². The first kappa shape index (κ1) is 14.4. The zero-order valence-electron chi connectivity index (χ0n) is 11.6. The summed E-state index contributed by atoms with van der Waals surface area (Å²) in [7, 11) is 0. The van der Waals surface area contributed by atoms with Crippen LogP contribution in [0.5, 0.6) is 0 Å². The van der Waals surface area contributed by atoms with Crippen molar-refractivity contribution in [2.45, 2.75) is 44.1 Å². The molecule has 5 heteroatoms. The van der Waals surface area contributed by atoms with Crippen molar-refractivity contribution in [2.24, 2.45) is 0 Å². The number of fused-ring (bicyclic) bond motifs is 1. The smallest absolute Gasteiger partial charge is 0.129 e. The van der Waals surface area contributed by atoms with E-state index < -0.39 is 18.3 Å². The summed E-state index contributed by atoms with van der Waals surface area (Å²) in [4.78, 5) is 4.10. The topological polar surface area (TPSA) is 45.1 Å². The Morgan fingerprint density at radius 3 is 3.00 bits per heavy atom. The predicted molar refractivity (Wildman–Crippen MR) is 77.1 cm³/mol. The fourth-order valence-electron chi connectivity index (χ4n) is 2.89. The fraction of sp³-hybridized carbons (Fsp3) is 0.438. The largest absolute Gasteiger partial charge is 0.391 e. The normalized spacial score (nSPS) is 26.1. The number of nitrogens with one attached hydrogen (secondary N) is 1. The third-order valence-corrected chi connectivity index (χ3v) is 4.08. The first-order chi connectivity index (χ1) is 10.1. The van der Waals surface area contributed by atoms with Gasteiger partial charge in [0.2, 0.25) is 0 Å². The molecule has 2 aromatic rings. The summed E-state index contributed by atoms with van der Waals surface area (Å²) in [6, 6.07) is 6.13. The highest BCUT2D eigenvalue weighted by Gasteiger charge is 2.31. The molecule has 2 N–H and O–H groups in total. The van der Waals surface area contributed by atoms with Crippen LogP contribution < -0.4 is 5.32 Å². The lowest BCUT2D eigenvalue weighted by atomic mass is 9.90. The lowest BCUT2D eigenvalue weighted by Crippen LogP contribution is -2.49. The zero-order valence-corrected chi connectivity index (χ0v) is 11.6. The first-order valence-corrected chi connectivity index (χ1v) is 7.24. The van der Waals surface area contributed by atoms with Crippen molar-refractivity contribution in [1.29, 1.82) is 0 Å². The Morgan fingerprint density at radius 2 is 2.19 bits per heavy atom. The van der Waals surface area contributed by atoms with E-state index in [9.17, 15) is 13.9 Å². The quantitative estimate of drug-likeness (QED) is 0.914. The van der Waals surface area contributed by atoms with Crippen LogP contribution >= 0.6 is 0 Å². The Kier molecular flexibility index (Phi) is 4.12. The maximum atomic E-state index is 14.0. The molecule has 0 bridgehead atoms. The highest BCUT2D eigenvalue weighted by atomic mass is 19.1. The maximum Gasteiger partial charge on any atom is 0.129 e. The minimum absolute atomic E-state index is 0.193. The van der Waals surface area contributed by atoms with E-state index in [1.807, 2.05) is 6.07 Å². The fourth-order valence-corrected chi connectivity index (χ4v) is 2.89. The Bertz CT molecular complexity index is 625. The standard InChI is InChI=1S/C16H18F2N2O/c17-12-4-1-5-15(21)16(12)20-9-11-7-10-3-2-6-19-14(10)8-13(11)18/h2-3,6-8,12,15-16,20-21H,1,4-5,9H2. The van der Waals surface area contributed by atoms with Gasteiger partial charge in [-0.05, 0) is 31.4 Å². The van der Waals surface area contributed by atoms with Crippen molar-refractivity contribution in [3.8, 4) is 0 Å². The monoisotopic (exact) mass is 292 g/mol. The van der Waals surface area contributed by atoms with E-state index >= 15 is 0 Å². The van der Waals surface area contributed by atoms with Crippen molar-refractivity contribution >= 4 is 10.9 Å². The number of pyridine rings is 1. The van der Waals surface area contributed by atoms with Crippen LogP contribution in [0.1, 0.15) is 24.8 Å². The second kappa shape index (κ2) is 6.03. The molecule has 1 fully saturated rings. The molecule has 21 heavy (non-hydrogen) atoms. The van der Waals surface area contributed by atoms with Crippen LogP contribution in [-0.2, 0) is 6.54 Å². The van der Waals surface area contributed by atoms with Crippen LogP contribution in [0.15, 0.2) is 30.5 Å². The minimum Gasteiger partial charge on any atom is -0.391 e. The van der Waals surface area contributed by atoms with Gasteiger partial charge in [0.05, 0.1) is 17.7 Å². The number of nitrogens with zero attached hydrogens (tertiary/aromatic N) is 1. The number of benzene rings is 1. The molecule has 0 saturated heterocycles. The zero-order chi connectivity index (χ0) is 14.8. The molecule has 1 aliphatic rings. The molecule has 1 aliphatic carbocycles. The van der Waals surface area contributed by atoms with E-state index in [0.717, 1.165) is 5.39 Å². The van der Waals surface area contributed by atoms with Crippen LogP contribution in [0.25, 0.3) is 10.9 Å². The maximum absolute atomic E-state index is 14.0. The number of halogens is 2. The molecule has 1 heterocycles. The average molecular weight is 292 g/mol. The minimum atomic E-state index is -1.08. The van der Waals surface area contributed by atoms with Crippen LogP contribution in [0.2, 0.25) is 0 Å². The first-order valence-electron chi connectivity index (χ1n) is 7.24. The molecule has 1 saturated carbocycles. The molecule has 1 aromatic carbocycles. The third-order valence-electron chi connectivity index (χ3n) is 4.08. The van der Waals surface area contributed by atoms with Crippen molar-refractivity contribution in [2.75, 3.05) is 0 Å². The number of aliphatic hydroxyl groups excluding tert-OH is 1. The van der Waals surface area contributed by atoms with E-state index in [0.29, 0.717) is 30.3 Å². The average Bonchev–Trinajstić information content (AvgIpc) is 2.47. The lowest BCUT2D eigenvalue weighted by Gasteiger charge is -2.31. The van der Waals surface area contributed by atoms with E-state index in [4.69, 9.17) is 0 Å². The number of aromatic nitrogens is 1. The summed E-state index contributed by atoms with van der Waals surface area (Å²) in [5.41, 5.74) is 1.06. The van der Waals surface area contributed by atoms with Crippen molar-refractivity contribution < 1.29 is 13.9 Å². The van der Waals surface area contributed by atoms with Gasteiger partial charge in [-0.2, -0.15) is 0 Å². The van der Waals surface area contributed by atoms with Crippen LogP contribution in [0.4, 0.5) is 8.78 Å². The molecular formula is C16H18F2N2O. The Balaban J connectivity index is 1.77. The van der Waals surface area contributed by atoms with Crippen LogP contribution in [0, 0.1) is 5.82 Å². The molecule has 1 aromatic heterocycles.